The molecule has 1 unspecified atom stereocenters. The van der Waals surface area contributed by atoms with E-state index in [4.69, 9.17) is 0 Å². The largest absolute Gasteiger partial charge is 0.352 e. The van der Waals surface area contributed by atoms with Crippen molar-refractivity contribution in [2.24, 2.45) is 0 Å². The molecule has 3 rings (SSSR count). The number of carbonyl (C=O) groups is 2. The van der Waals surface area contributed by atoms with Crippen LogP contribution in [-0.4, -0.2) is 27.4 Å². The third kappa shape index (κ3) is 4.57. The lowest BCUT2D eigenvalue weighted by Crippen LogP contribution is -2.35. The lowest BCUT2D eigenvalue weighted by Gasteiger charge is -2.14. The number of hydrogen-bond acceptors (Lipinski definition) is 3. The minimum Gasteiger partial charge on any atom is -0.352 e. The standard InChI is InChI=1S/C22H26N4O2/c1-4-16(3)24-21(27)14-26-19-8-6-5-7-18(19)25-20(26)13-23-22(28)17-11-9-15(2)10-12-17/h5-12,16H,4,13-14H2,1-3H3,(H,23,28)(H,24,27). The van der Waals surface area contributed by atoms with Gasteiger partial charge in [-0.25, -0.2) is 4.98 Å². The molecule has 146 valence electrons. The predicted molar refractivity (Wildman–Crippen MR) is 110 cm³/mol. The van der Waals surface area contributed by atoms with Crippen LogP contribution in [0.15, 0.2) is 48.5 Å². The molecule has 0 aliphatic heterocycles. The van der Waals surface area contributed by atoms with Crippen LogP contribution in [0.1, 0.15) is 42.0 Å². The molecule has 0 saturated carbocycles. The normalized spacial score (nSPS) is 12.0. The van der Waals surface area contributed by atoms with Crippen LogP contribution in [0.25, 0.3) is 11.0 Å². The molecule has 0 spiro atoms. The lowest BCUT2D eigenvalue weighted by molar-refractivity contribution is -0.122. The van der Waals surface area contributed by atoms with Gasteiger partial charge in [-0.2, -0.15) is 0 Å². The lowest BCUT2D eigenvalue weighted by atomic mass is 10.1. The van der Waals surface area contributed by atoms with Crippen molar-refractivity contribution in [3.8, 4) is 0 Å². The number of fused-ring (bicyclic) bond motifs is 1. The fourth-order valence-electron chi connectivity index (χ4n) is 2.97. The second-order valence-corrected chi connectivity index (χ2v) is 7.03. The Bertz CT molecular complexity index is 976. The maximum atomic E-state index is 12.4. The Morgan fingerprint density at radius 3 is 2.54 bits per heavy atom. The molecule has 0 aliphatic carbocycles. The molecular weight excluding hydrogens is 352 g/mol. The van der Waals surface area contributed by atoms with E-state index in [0.717, 1.165) is 23.0 Å². The van der Waals surface area contributed by atoms with Gasteiger partial charge in [-0.15, -0.1) is 0 Å². The van der Waals surface area contributed by atoms with Gasteiger partial charge in [-0.1, -0.05) is 36.8 Å². The predicted octanol–water partition coefficient (Wildman–Crippen LogP) is 3.19. The van der Waals surface area contributed by atoms with E-state index >= 15 is 0 Å². The van der Waals surface area contributed by atoms with Crippen LogP contribution in [0, 0.1) is 6.92 Å². The van der Waals surface area contributed by atoms with E-state index < -0.39 is 0 Å². The van der Waals surface area contributed by atoms with Crippen LogP contribution in [-0.2, 0) is 17.9 Å². The van der Waals surface area contributed by atoms with Crippen LogP contribution < -0.4 is 10.6 Å². The number of nitrogens with one attached hydrogen (secondary N) is 2. The highest BCUT2D eigenvalue weighted by molar-refractivity contribution is 5.94. The molecule has 2 N–H and O–H groups in total. The highest BCUT2D eigenvalue weighted by Crippen LogP contribution is 2.16. The number of nitrogens with zero attached hydrogens (tertiary/aromatic N) is 2. The summed E-state index contributed by atoms with van der Waals surface area (Å²) >= 11 is 0. The van der Waals surface area contributed by atoms with Gasteiger partial charge in [-0.3, -0.25) is 9.59 Å². The maximum Gasteiger partial charge on any atom is 0.251 e. The zero-order valence-electron chi connectivity index (χ0n) is 16.5. The van der Waals surface area contributed by atoms with E-state index in [1.54, 1.807) is 12.1 Å². The van der Waals surface area contributed by atoms with Crippen molar-refractivity contribution in [3.05, 3.63) is 65.5 Å². The molecule has 3 aromatic rings. The van der Waals surface area contributed by atoms with Crippen LogP contribution in [0.4, 0.5) is 0 Å². The zero-order valence-corrected chi connectivity index (χ0v) is 16.5. The van der Waals surface area contributed by atoms with Crippen molar-refractivity contribution in [1.82, 2.24) is 20.2 Å². The molecule has 28 heavy (non-hydrogen) atoms. The summed E-state index contributed by atoms with van der Waals surface area (Å²) in [6.45, 7) is 6.41. The van der Waals surface area contributed by atoms with Gasteiger partial charge >= 0.3 is 0 Å². The molecule has 2 aromatic carbocycles. The third-order valence-electron chi connectivity index (χ3n) is 4.78. The van der Waals surface area contributed by atoms with Gasteiger partial charge in [0.25, 0.3) is 5.91 Å². The van der Waals surface area contributed by atoms with Crippen molar-refractivity contribution in [3.63, 3.8) is 0 Å². The number of carbonyl (C=O) groups excluding carboxylic acids is 2. The average molecular weight is 378 g/mol. The van der Waals surface area contributed by atoms with Gasteiger partial charge in [0.2, 0.25) is 5.91 Å². The highest BCUT2D eigenvalue weighted by Gasteiger charge is 2.15. The van der Waals surface area contributed by atoms with Crippen molar-refractivity contribution < 1.29 is 9.59 Å². The fourth-order valence-corrected chi connectivity index (χ4v) is 2.97. The molecule has 0 aliphatic rings. The van der Waals surface area contributed by atoms with Gasteiger partial charge < -0.3 is 15.2 Å². The Balaban J connectivity index is 1.79. The second-order valence-electron chi connectivity index (χ2n) is 7.03. The Morgan fingerprint density at radius 2 is 1.82 bits per heavy atom. The topological polar surface area (TPSA) is 76.0 Å². The summed E-state index contributed by atoms with van der Waals surface area (Å²) in [5.74, 6) is 0.423. The first-order valence-corrected chi connectivity index (χ1v) is 9.56. The monoisotopic (exact) mass is 378 g/mol. The fraction of sp³-hybridized carbons (Fsp3) is 0.318. The summed E-state index contributed by atoms with van der Waals surface area (Å²) in [5, 5.41) is 5.89. The average Bonchev–Trinajstić information content (AvgIpc) is 3.04. The smallest absolute Gasteiger partial charge is 0.251 e. The van der Waals surface area contributed by atoms with Gasteiger partial charge in [0, 0.05) is 11.6 Å². The van der Waals surface area contributed by atoms with Crippen LogP contribution in [0.3, 0.4) is 0 Å². The van der Waals surface area contributed by atoms with Crippen LogP contribution >= 0.6 is 0 Å². The summed E-state index contributed by atoms with van der Waals surface area (Å²) in [6.07, 6.45) is 0.871. The van der Waals surface area contributed by atoms with Crippen molar-refractivity contribution in [2.75, 3.05) is 0 Å². The number of para-hydroxylation sites is 2. The summed E-state index contributed by atoms with van der Waals surface area (Å²) in [7, 11) is 0. The van der Waals surface area contributed by atoms with Crippen molar-refractivity contribution in [2.45, 2.75) is 46.3 Å². The number of rotatable bonds is 7. The van der Waals surface area contributed by atoms with E-state index in [2.05, 4.69) is 15.6 Å². The van der Waals surface area contributed by atoms with Gasteiger partial charge in [-0.05, 0) is 44.5 Å². The number of hydrogen-bond donors (Lipinski definition) is 2. The maximum absolute atomic E-state index is 12.4. The Hall–Kier alpha value is -3.15. The molecule has 0 radical (unpaired) electrons. The number of aromatic nitrogens is 2. The summed E-state index contributed by atoms with van der Waals surface area (Å²) in [6, 6.07) is 15.2. The minimum atomic E-state index is -0.164. The Kier molecular flexibility index (Phi) is 6.09. The van der Waals surface area contributed by atoms with E-state index in [0.29, 0.717) is 11.4 Å². The van der Waals surface area contributed by atoms with Crippen LogP contribution in [0.2, 0.25) is 0 Å². The van der Waals surface area contributed by atoms with Crippen LogP contribution in [0.5, 0.6) is 0 Å². The van der Waals surface area contributed by atoms with Gasteiger partial charge in [0.05, 0.1) is 17.6 Å². The molecule has 0 bridgehead atoms. The highest BCUT2D eigenvalue weighted by atomic mass is 16.2. The first-order chi connectivity index (χ1) is 13.5. The Labute approximate surface area is 165 Å². The number of benzene rings is 2. The number of aryl methyl sites for hydroxylation is 1. The van der Waals surface area contributed by atoms with Crippen molar-refractivity contribution in [1.29, 1.82) is 0 Å². The number of imidazole rings is 1. The summed E-state index contributed by atoms with van der Waals surface area (Å²) < 4.78 is 1.86. The quantitative estimate of drug-likeness (QED) is 0.663. The molecule has 1 atom stereocenters. The molecule has 6 heteroatoms. The Morgan fingerprint density at radius 1 is 1.11 bits per heavy atom. The van der Waals surface area contributed by atoms with E-state index in [-0.39, 0.29) is 30.9 Å². The SMILES string of the molecule is CCC(C)NC(=O)Cn1c(CNC(=O)c2ccc(C)cc2)nc2ccccc21. The van der Waals surface area contributed by atoms with E-state index in [9.17, 15) is 9.59 Å². The van der Waals surface area contributed by atoms with E-state index in [1.165, 1.54) is 0 Å². The number of amides is 2. The molecule has 1 heterocycles. The first kappa shape index (κ1) is 19.6. The first-order valence-electron chi connectivity index (χ1n) is 9.56. The summed E-state index contributed by atoms with van der Waals surface area (Å²) in [4.78, 5) is 29.5. The molecule has 1 aromatic heterocycles. The molecular formula is C22H26N4O2. The minimum absolute atomic E-state index is 0.0661. The van der Waals surface area contributed by atoms with Crippen molar-refractivity contribution >= 4 is 22.8 Å². The third-order valence-corrected chi connectivity index (χ3v) is 4.78. The van der Waals surface area contributed by atoms with Gasteiger partial charge in [0.15, 0.2) is 0 Å². The summed E-state index contributed by atoms with van der Waals surface area (Å²) in [5.41, 5.74) is 3.38. The second kappa shape index (κ2) is 8.69. The zero-order chi connectivity index (χ0) is 20.1. The molecule has 6 nitrogen and oxygen atoms in total. The van der Waals surface area contributed by atoms with Gasteiger partial charge in [0.1, 0.15) is 12.4 Å². The molecule has 2 amide bonds. The molecule has 0 saturated heterocycles. The molecule has 0 fully saturated rings. The van der Waals surface area contributed by atoms with E-state index in [1.807, 2.05) is 61.7 Å².